The van der Waals surface area contributed by atoms with Crippen LogP contribution in [0.2, 0.25) is 0 Å². The molecule has 0 saturated heterocycles. The quantitative estimate of drug-likeness (QED) is 0.701. The van der Waals surface area contributed by atoms with E-state index in [1.807, 2.05) is 48.5 Å². The van der Waals surface area contributed by atoms with Crippen molar-refractivity contribution in [3.8, 4) is 5.75 Å². The van der Waals surface area contributed by atoms with E-state index in [9.17, 15) is 4.79 Å². The summed E-state index contributed by atoms with van der Waals surface area (Å²) < 4.78 is 6.55. The number of nitrogens with one attached hydrogen (secondary N) is 1. The highest BCUT2D eigenvalue weighted by atomic mass is 79.9. The number of carbonyl (C=O) groups is 1. The third kappa shape index (κ3) is 5.60. The molecule has 1 N–H and O–H groups in total. The normalized spacial score (nSPS) is 12.5. The van der Waals surface area contributed by atoms with Crippen molar-refractivity contribution >= 4 is 21.8 Å². The van der Waals surface area contributed by atoms with E-state index < -0.39 is 0 Å². The van der Waals surface area contributed by atoms with Crippen molar-refractivity contribution in [2.45, 2.75) is 45.6 Å². The molecule has 0 aliphatic carbocycles. The molecule has 0 spiro atoms. The van der Waals surface area contributed by atoms with Crippen molar-refractivity contribution in [2.24, 2.45) is 0 Å². The lowest BCUT2D eigenvalue weighted by molar-refractivity contribution is -0.123. The van der Waals surface area contributed by atoms with Gasteiger partial charge in [0.05, 0.1) is 10.5 Å². The maximum absolute atomic E-state index is 12.2. The molecule has 4 heteroatoms. The molecule has 0 aromatic heterocycles. The van der Waals surface area contributed by atoms with Gasteiger partial charge in [0.25, 0.3) is 5.91 Å². The average molecular weight is 404 g/mol. The van der Waals surface area contributed by atoms with Crippen LogP contribution in [-0.4, -0.2) is 12.5 Å². The summed E-state index contributed by atoms with van der Waals surface area (Å²) in [5.41, 5.74) is 2.39. The van der Waals surface area contributed by atoms with Gasteiger partial charge in [-0.25, -0.2) is 0 Å². The molecule has 2 aromatic carbocycles. The van der Waals surface area contributed by atoms with Gasteiger partial charge in [-0.1, -0.05) is 64.1 Å². The highest BCUT2D eigenvalue weighted by Crippen LogP contribution is 2.31. The Morgan fingerprint density at radius 2 is 1.84 bits per heavy atom. The van der Waals surface area contributed by atoms with Crippen LogP contribution in [0.1, 0.15) is 51.3 Å². The van der Waals surface area contributed by atoms with Crippen molar-refractivity contribution in [2.75, 3.05) is 6.61 Å². The Balaban J connectivity index is 1.96. The summed E-state index contributed by atoms with van der Waals surface area (Å²) in [5.74, 6) is 0.554. The van der Waals surface area contributed by atoms with Crippen LogP contribution in [0.15, 0.2) is 53.0 Å². The van der Waals surface area contributed by atoms with E-state index in [0.717, 1.165) is 16.5 Å². The molecule has 25 heavy (non-hydrogen) atoms. The van der Waals surface area contributed by atoms with E-state index in [0.29, 0.717) is 5.75 Å². The van der Waals surface area contributed by atoms with Gasteiger partial charge in [-0.15, -0.1) is 0 Å². The topological polar surface area (TPSA) is 38.3 Å². The van der Waals surface area contributed by atoms with Crippen LogP contribution in [0.25, 0.3) is 0 Å². The number of halogens is 1. The molecular weight excluding hydrogens is 378 g/mol. The summed E-state index contributed by atoms with van der Waals surface area (Å²) in [6, 6.07) is 16.0. The van der Waals surface area contributed by atoms with Crippen LogP contribution in [0.5, 0.6) is 5.75 Å². The van der Waals surface area contributed by atoms with Crippen LogP contribution in [0.3, 0.4) is 0 Å². The summed E-state index contributed by atoms with van der Waals surface area (Å²) in [6.07, 6.45) is 0.833. The number of amides is 1. The number of carbonyl (C=O) groups excluding carboxylic acids is 1. The summed E-state index contributed by atoms with van der Waals surface area (Å²) >= 11 is 3.53. The molecule has 0 aliphatic rings. The fourth-order valence-corrected chi connectivity index (χ4v) is 3.06. The number of ether oxygens (including phenoxy) is 1. The monoisotopic (exact) mass is 403 g/mol. The lowest BCUT2D eigenvalue weighted by atomic mass is 9.87. The van der Waals surface area contributed by atoms with Gasteiger partial charge in [0.2, 0.25) is 0 Å². The maximum atomic E-state index is 12.2. The Kier molecular flexibility index (Phi) is 6.65. The van der Waals surface area contributed by atoms with E-state index in [1.165, 1.54) is 5.56 Å². The first-order chi connectivity index (χ1) is 11.8. The Bertz CT molecular complexity index is 708. The molecule has 0 saturated carbocycles. The summed E-state index contributed by atoms with van der Waals surface area (Å²) in [7, 11) is 0. The van der Waals surface area contributed by atoms with Crippen LogP contribution in [0.4, 0.5) is 0 Å². The first-order valence-corrected chi connectivity index (χ1v) is 9.37. The predicted octanol–water partition coefficient (Wildman–Crippen LogP) is 5.39. The molecule has 1 atom stereocenters. The van der Waals surface area contributed by atoms with Crippen LogP contribution in [0, 0.1) is 0 Å². The molecule has 1 amide bonds. The second-order valence-corrected chi connectivity index (χ2v) is 7.98. The molecule has 0 radical (unpaired) electrons. The summed E-state index contributed by atoms with van der Waals surface area (Å²) in [6.45, 7) is 8.54. The van der Waals surface area contributed by atoms with Crippen molar-refractivity contribution in [3.63, 3.8) is 0 Å². The molecule has 0 heterocycles. The first kappa shape index (κ1) is 19.5. The average Bonchev–Trinajstić information content (AvgIpc) is 2.58. The molecule has 134 valence electrons. The fourth-order valence-electron chi connectivity index (χ4n) is 2.57. The molecule has 0 bridgehead atoms. The van der Waals surface area contributed by atoms with E-state index in [2.05, 4.69) is 48.9 Å². The van der Waals surface area contributed by atoms with Gasteiger partial charge in [0.15, 0.2) is 6.61 Å². The zero-order chi connectivity index (χ0) is 18.4. The number of benzene rings is 2. The molecule has 2 rings (SSSR count). The molecule has 0 aliphatic heterocycles. The van der Waals surface area contributed by atoms with E-state index >= 15 is 0 Å². The van der Waals surface area contributed by atoms with Crippen LogP contribution in [-0.2, 0) is 10.2 Å². The number of hydrogen-bond donors (Lipinski definition) is 1. The number of rotatable bonds is 6. The van der Waals surface area contributed by atoms with Gasteiger partial charge >= 0.3 is 0 Å². The van der Waals surface area contributed by atoms with Gasteiger partial charge in [0.1, 0.15) is 5.75 Å². The summed E-state index contributed by atoms with van der Waals surface area (Å²) in [5, 5.41) is 3.03. The lowest BCUT2D eigenvalue weighted by Gasteiger charge is -2.20. The Morgan fingerprint density at radius 1 is 1.16 bits per heavy atom. The van der Waals surface area contributed by atoms with Gasteiger partial charge in [-0.05, 0) is 51.0 Å². The largest absolute Gasteiger partial charge is 0.483 e. The lowest BCUT2D eigenvalue weighted by Crippen LogP contribution is -2.32. The smallest absolute Gasteiger partial charge is 0.258 e. The fraction of sp³-hybridized carbons (Fsp3) is 0.381. The Labute approximate surface area is 158 Å². The molecule has 3 nitrogen and oxygen atoms in total. The third-order valence-electron chi connectivity index (χ3n) is 4.10. The van der Waals surface area contributed by atoms with Crippen molar-refractivity contribution in [1.82, 2.24) is 5.32 Å². The molecule has 0 fully saturated rings. The van der Waals surface area contributed by atoms with Crippen molar-refractivity contribution in [3.05, 3.63) is 64.1 Å². The molecular formula is C21H26BrNO2. The van der Waals surface area contributed by atoms with Gasteiger partial charge in [-0.2, -0.15) is 0 Å². The van der Waals surface area contributed by atoms with E-state index in [4.69, 9.17) is 4.74 Å². The van der Waals surface area contributed by atoms with Gasteiger partial charge < -0.3 is 10.1 Å². The molecule has 2 aromatic rings. The van der Waals surface area contributed by atoms with Gasteiger partial charge in [0, 0.05) is 0 Å². The predicted molar refractivity (Wildman–Crippen MR) is 106 cm³/mol. The van der Waals surface area contributed by atoms with Crippen molar-refractivity contribution in [1.29, 1.82) is 0 Å². The third-order valence-corrected chi connectivity index (χ3v) is 4.72. The minimum absolute atomic E-state index is 0.00318. The van der Waals surface area contributed by atoms with Crippen molar-refractivity contribution < 1.29 is 9.53 Å². The molecule has 0 unspecified atom stereocenters. The Morgan fingerprint density at radius 3 is 2.40 bits per heavy atom. The number of hydrogen-bond acceptors (Lipinski definition) is 2. The first-order valence-electron chi connectivity index (χ1n) is 8.58. The zero-order valence-corrected chi connectivity index (χ0v) is 16.9. The Hall–Kier alpha value is -1.81. The minimum atomic E-state index is -0.123. The summed E-state index contributed by atoms with van der Waals surface area (Å²) in [4.78, 5) is 12.2. The van der Waals surface area contributed by atoms with Gasteiger partial charge in [-0.3, -0.25) is 4.79 Å². The maximum Gasteiger partial charge on any atom is 0.258 e. The zero-order valence-electron chi connectivity index (χ0n) is 15.3. The van der Waals surface area contributed by atoms with Crippen LogP contribution < -0.4 is 10.1 Å². The van der Waals surface area contributed by atoms with Crippen LogP contribution >= 0.6 is 15.9 Å². The highest BCUT2D eigenvalue weighted by Gasteiger charge is 2.16. The second kappa shape index (κ2) is 8.52. The van der Waals surface area contributed by atoms with E-state index in [-0.39, 0.29) is 24.0 Å². The minimum Gasteiger partial charge on any atom is -0.483 e. The SMILES string of the molecule is CC[C@@H](NC(=O)COc1ccc(C(C)(C)C)cc1Br)c1ccccc1. The van der Waals surface area contributed by atoms with E-state index in [1.54, 1.807) is 0 Å². The highest BCUT2D eigenvalue weighted by molar-refractivity contribution is 9.10. The second-order valence-electron chi connectivity index (χ2n) is 7.12. The standard InChI is InChI=1S/C21H26BrNO2/c1-5-18(15-9-7-6-8-10-15)23-20(24)14-25-19-12-11-16(13-17(19)22)21(2,3)4/h6-13,18H,5,14H2,1-4H3,(H,23,24)/t18-/m1/s1.